The van der Waals surface area contributed by atoms with E-state index >= 15 is 0 Å². The number of aryl methyl sites for hydroxylation is 1. The van der Waals surface area contributed by atoms with Gasteiger partial charge in [0.15, 0.2) is 0 Å². The maximum atomic E-state index is 12.2. The van der Waals surface area contributed by atoms with Crippen LogP contribution < -0.4 is 5.32 Å². The molecule has 1 amide bonds. The zero-order valence-electron chi connectivity index (χ0n) is 11.1. The average molecular weight is 269 g/mol. The molecule has 0 aliphatic rings. The van der Waals surface area contributed by atoms with Gasteiger partial charge in [-0.15, -0.1) is 0 Å². The van der Waals surface area contributed by atoms with Gasteiger partial charge < -0.3 is 14.7 Å². The van der Waals surface area contributed by atoms with Crippen LogP contribution in [0, 0.1) is 0 Å². The maximum Gasteiger partial charge on any atom is 0.253 e. The Bertz CT molecular complexity index is 742. The van der Waals surface area contributed by atoms with Crippen LogP contribution in [0.1, 0.15) is 28.9 Å². The van der Waals surface area contributed by atoms with Gasteiger partial charge in [0.1, 0.15) is 5.76 Å². The second-order valence-electron chi connectivity index (χ2n) is 4.50. The fourth-order valence-electron chi connectivity index (χ4n) is 2.12. The second kappa shape index (κ2) is 5.21. The van der Waals surface area contributed by atoms with E-state index in [0.29, 0.717) is 11.5 Å². The lowest BCUT2D eigenvalue weighted by Crippen LogP contribution is -2.23. The molecule has 1 aromatic carbocycles. The summed E-state index contributed by atoms with van der Waals surface area (Å²) >= 11 is 0. The predicted octanol–water partition coefficient (Wildman–Crippen LogP) is 2.65. The highest BCUT2D eigenvalue weighted by Crippen LogP contribution is 2.16. The van der Waals surface area contributed by atoms with Crippen LogP contribution in [0.5, 0.6) is 0 Å². The molecule has 2 heterocycles. The number of carbonyl (C=O) groups is 1. The van der Waals surface area contributed by atoms with E-state index in [1.165, 1.54) is 0 Å². The number of nitrogens with zero attached hydrogens (tertiary/aromatic N) is 1. The summed E-state index contributed by atoms with van der Waals surface area (Å²) in [6, 6.07) is 7.56. The van der Waals surface area contributed by atoms with Gasteiger partial charge in [0, 0.05) is 18.0 Å². The molecule has 0 bridgehead atoms. The number of aromatic nitrogens is 2. The molecule has 0 radical (unpaired) electrons. The number of nitrogens with one attached hydrogen (secondary N) is 2. The van der Waals surface area contributed by atoms with E-state index in [9.17, 15) is 4.79 Å². The van der Waals surface area contributed by atoms with Gasteiger partial charge in [-0.25, -0.2) is 4.98 Å². The minimum Gasteiger partial charge on any atom is -0.444 e. The summed E-state index contributed by atoms with van der Waals surface area (Å²) in [4.78, 5) is 19.4. The minimum absolute atomic E-state index is 0.144. The number of fused-ring (bicyclic) bond motifs is 1. The topological polar surface area (TPSA) is 70.9 Å². The van der Waals surface area contributed by atoms with Gasteiger partial charge in [-0.05, 0) is 12.1 Å². The number of aromatic amines is 1. The Morgan fingerprint density at radius 2 is 2.30 bits per heavy atom. The molecular formula is C15H15N3O2. The van der Waals surface area contributed by atoms with Crippen molar-refractivity contribution in [3.05, 3.63) is 53.9 Å². The first kappa shape index (κ1) is 12.5. The van der Waals surface area contributed by atoms with Crippen LogP contribution in [0.4, 0.5) is 0 Å². The Kier molecular flexibility index (Phi) is 3.25. The third-order valence-electron chi connectivity index (χ3n) is 3.18. The molecule has 5 heteroatoms. The number of hydrogen-bond donors (Lipinski definition) is 2. The van der Waals surface area contributed by atoms with E-state index in [-0.39, 0.29) is 12.5 Å². The fraction of sp³-hybridized carbons (Fsp3) is 0.200. The van der Waals surface area contributed by atoms with Crippen molar-refractivity contribution in [2.45, 2.75) is 19.9 Å². The lowest BCUT2D eigenvalue weighted by molar-refractivity contribution is 0.0948. The van der Waals surface area contributed by atoms with Gasteiger partial charge in [0.05, 0.1) is 23.8 Å². The Morgan fingerprint density at radius 1 is 1.40 bits per heavy atom. The van der Waals surface area contributed by atoms with Crippen molar-refractivity contribution in [1.82, 2.24) is 15.3 Å². The van der Waals surface area contributed by atoms with E-state index in [2.05, 4.69) is 15.3 Å². The quantitative estimate of drug-likeness (QED) is 0.765. The number of oxazole rings is 1. The monoisotopic (exact) mass is 269 g/mol. The summed E-state index contributed by atoms with van der Waals surface area (Å²) in [5.41, 5.74) is 1.46. The van der Waals surface area contributed by atoms with Gasteiger partial charge in [-0.2, -0.15) is 0 Å². The number of rotatable bonds is 4. The van der Waals surface area contributed by atoms with Crippen molar-refractivity contribution >= 4 is 16.8 Å². The van der Waals surface area contributed by atoms with Crippen LogP contribution in [-0.4, -0.2) is 15.9 Å². The van der Waals surface area contributed by atoms with Crippen LogP contribution in [0.2, 0.25) is 0 Å². The molecule has 0 fully saturated rings. The van der Waals surface area contributed by atoms with Crippen LogP contribution >= 0.6 is 0 Å². The Balaban J connectivity index is 1.74. The summed E-state index contributed by atoms with van der Waals surface area (Å²) in [5, 5.41) is 3.84. The highest BCUT2D eigenvalue weighted by atomic mass is 16.4. The van der Waals surface area contributed by atoms with Gasteiger partial charge in [0.25, 0.3) is 5.91 Å². The summed E-state index contributed by atoms with van der Waals surface area (Å²) in [7, 11) is 0. The van der Waals surface area contributed by atoms with Crippen molar-refractivity contribution < 1.29 is 9.21 Å². The van der Waals surface area contributed by atoms with Crippen LogP contribution in [0.15, 0.2) is 41.1 Å². The molecule has 2 aromatic heterocycles. The van der Waals surface area contributed by atoms with Crippen LogP contribution in [-0.2, 0) is 13.0 Å². The van der Waals surface area contributed by atoms with E-state index in [4.69, 9.17) is 4.42 Å². The number of hydrogen-bond acceptors (Lipinski definition) is 3. The number of amides is 1. The molecule has 3 aromatic rings. The standard InChI is InChI=1S/C15H15N3O2/c1-2-11-8-17-13(20-11)9-18-15(19)12-5-3-4-10-6-7-16-14(10)12/h3-8,16H,2,9H2,1H3,(H,18,19). The highest BCUT2D eigenvalue weighted by Gasteiger charge is 2.11. The zero-order chi connectivity index (χ0) is 13.9. The van der Waals surface area contributed by atoms with E-state index in [1.807, 2.05) is 31.3 Å². The van der Waals surface area contributed by atoms with Crippen molar-refractivity contribution in [2.24, 2.45) is 0 Å². The molecule has 102 valence electrons. The van der Waals surface area contributed by atoms with Crippen LogP contribution in [0.3, 0.4) is 0 Å². The molecule has 2 N–H and O–H groups in total. The van der Waals surface area contributed by atoms with E-state index in [0.717, 1.165) is 23.1 Å². The van der Waals surface area contributed by atoms with Gasteiger partial charge >= 0.3 is 0 Å². The van der Waals surface area contributed by atoms with E-state index in [1.54, 1.807) is 12.3 Å². The van der Waals surface area contributed by atoms with E-state index < -0.39 is 0 Å². The Labute approximate surface area is 116 Å². The van der Waals surface area contributed by atoms with Crippen molar-refractivity contribution in [3.8, 4) is 0 Å². The second-order valence-corrected chi connectivity index (χ2v) is 4.50. The molecule has 0 unspecified atom stereocenters. The molecule has 5 nitrogen and oxygen atoms in total. The molecule has 0 atom stereocenters. The van der Waals surface area contributed by atoms with Gasteiger partial charge in [-0.1, -0.05) is 19.1 Å². The molecule has 0 aliphatic heterocycles. The fourth-order valence-corrected chi connectivity index (χ4v) is 2.12. The number of para-hydroxylation sites is 1. The Hall–Kier alpha value is -2.56. The van der Waals surface area contributed by atoms with Crippen LogP contribution in [0.25, 0.3) is 10.9 Å². The largest absolute Gasteiger partial charge is 0.444 e. The number of carbonyl (C=O) groups excluding carboxylic acids is 1. The predicted molar refractivity (Wildman–Crippen MR) is 75.3 cm³/mol. The smallest absolute Gasteiger partial charge is 0.253 e. The SMILES string of the molecule is CCc1cnc(CNC(=O)c2cccc3cc[nH]c23)o1. The molecule has 0 aliphatic carbocycles. The third-order valence-corrected chi connectivity index (χ3v) is 3.18. The third kappa shape index (κ3) is 2.30. The van der Waals surface area contributed by atoms with Crippen molar-refractivity contribution in [1.29, 1.82) is 0 Å². The normalized spacial score (nSPS) is 10.8. The molecule has 0 spiro atoms. The number of H-pyrrole nitrogens is 1. The number of benzene rings is 1. The first-order valence-electron chi connectivity index (χ1n) is 6.56. The molecule has 0 saturated carbocycles. The zero-order valence-corrected chi connectivity index (χ0v) is 11.1. The molecule has 20 heavy (non-hydrogen) atoms. The molecule has 0 saturated heterocycles. The summed E-state index contributed by atoms with van der Waals surface area (Å²) < 4.78 is 5.46. The average Bonchev–Trinajstić information content (AvgIpc) is 3.12. The summed E-state index contributed by atoms with van der Waals surface area (Å²) in [5.74, 6) is 1.20. The lowest BCUT2D eigenvalue weighted by atomic mass is 10.1. The maximum absolute atomic E-state index is 12.2. The molecule has 3 rings (SSSR count). The minimum atomic E-state index is -0.144. The van der Waals surface area contributed by atoms with Gasteiger partial charge in [0.2, 0.25) is 5.89 Å². The summed E-state index contributed by atoms with van der Waals surface area (Å²) in [6.45, 7) is 2.28. The first-order valence-corrected chi connectivity index (χ1v) is 6.56. The highest BCUT2D eigenvalue weighted by molar-refractivity contribution is 6.05. The lowest BCUT2D eigenvalue weighted by Gasteiger charge is -2.04. The summed E-state index contributed by atoms with van der Waals surface area (Å²) in [6.07, 6.45) is 4.30. The van der Waals surface area contributed by atoms with Crippen molar-refractivity contribution in [3.63, 3.8) is 0 Å². The van der Waals surface area contributed by atoms with Gasteiger partial charge in [-0.3, -0.25) is 4.79 Å². The van der Waals surface area contributed by atoms with Crippen molar-refractivity contribution in [2.75, 3.05) is 0 Å². The Morgan fingerprint density at radius 3 is 3.10 bits per heavy atom. The first-order chi connectivity index (χ1) is 9.78. The molecular weight excluding hydrogens is 254 g/mol.